The summed E-state index contributed by atoms with van der Waals surface area (Å²) in [5.74, 6) is 5.04. The minimum atomic E-state index is 0.432. The molecule has 0 bridgehead atoms. The third-order valence-corrected chi connectivity index (χ3v) is 4.55. The molecule has 4 nitrogen and oxygen atoms in total. The Morgan fingerprint density at radius 2 is 2.15 bits per heavy atom. The van der Waals surface area contributed by atoms with E-state index in [1.54, 1.807) is 6.33 Å². The van der Waals surface area contributed by atoms with Crippen LogP contribution in [0.2, 0.25) is 0 Å². The van der Waals surface area contributed by atoms with Crippen molar-refractivity contribution in [2.24, 2.45) is 0 Å². The van der Waals surface area contributed by atoms with E-state index in [1.807, 2.05) is 11.8 Å². The Bertz CT molecular complexity index is 414. The maximum atomic E-state index is 4.60. The molecule has 0 spiro atoms. The third kappa shape index (κ3) is 3.78. The van der Waals surface area contributed by atoms with Gasteiger partial charge < -0.3 is 10.2 Å². The van der Waals surface area contributed by atoms with Crippen LogP contribution in [0.1, 0.15) is 45.1 Å². The minimum Gasteiger partial charge on any atom is -0.370 e. The molecular weight excluding hydrogens is 268 g/mol. The van der Waals surface area contributed by atoms with Crippen LogP contribution in [0.5, 0.6) is 0 Å². The number of rotatable bonds is 5. The molecule has 112 valence electrons. The van der Waals surface area contributed by atoms with Crippen LogP contribution in [-0.2, 0) is 0 Å². The fourth-order valence-electron chi connectivity index (χ4n) is 2.51. The van der Waals surface area contributed by atoms with Crippen LogP contribution in [0.15, 0.2) is 6.33 Å². The van der Waals surface area contributed by atoms with Gasteiger partial charge in [0.1, 0.15) is 18.0 Å². The summed E-state index contributed by atoms with van der Waals surface area (Å²) in [6.45, 7) is 9.80. The van der Waals surface area contributed by atoms with E-state index in [2.05, 4.69) is 41.0 Å². The molecular formula is C15H26N4S. The van der Waals surface area contributed by atoms with Crippen molar-refractivity contribution in [3.05, 3.63) is 11.9 Å². The second-order valence-electron chi connectivity index (χ2n) is 5.49. The minimum absolute atomic E-state index is 0.432. The van der Waals surface area contributed by atoms with E-state index in [9.17, 15) is 0 Å². The summed E-state index contributed by atoms with van der Waals surface area (Å²) in [7, 11) is 0. The van der Waals surface area contributed by atoms with E-state index >= 15 is 0 Å². The maximum Gasteiger partial charge on any atom is 0.137 e. The summed E-state index contributed by atoms with van der Waals surface area (Å²) in [6, 6.07) is 0. The first-order valence-corrected chi connectivity index (χ1v) is 8.81. The van der Waals surface area contributed by atoms with Gasteiger partial charge in [-0.1, -0.05) is 20.8 Å². The molecule has 1 aliphatic rings. The van der Waals surface area contributed by atoms with Crippen LogP contribution in [0, 0.1) is 0 Å². The molecule has 1 aromatic rings. The molecule has 1 fully saturated rings. The molecule has 1 aliphatic heterocycles. The first-order chi connectivity index (χ1) is 9.74. The van der Waals surface area contributed by atoms with E-state index in [0.717, 1.165) is 37.7 Å². The van der Waals surface area contributed by atoms with Crippen molar-refractivity contribution < 1.29 is 0 Å². The highest BCUT2D eigenvalue weighted by atomic mass is 32.2. The monoisotopic (exact) mass is 294 g/mol. The molecule has 2 rings (SSSR count). The highest BCUT2D eigenvalue weighted by Gasteiger charge is 2.20. The van der Waals surface area contributed by atoms with E-state index < -0.39 is 0 Å². The number of thioether (sulfide) groups is 1. The molecule has 20 heavy (non-hydrogen) atoms. The lowest BCUT2D eigenvalue weighted by atomic mass is 10.0. The van der Waals surface area contributed by atoms with Gasteiger partial charge in [-0.05, 0) is 24.5 Å². The number of nitrogens with zero attached hydrogens (tertiary/aromatic N) is 3. The molecule has 0 unspecified atom stereocenters. The Kier molecular flexibility index (Phi) is 5.95. The van der Waals surface area contributed by atoms with Gasteiger partial charge in [0.05, 0.1) is 0 Å². The first-order valence-electron chi connectivity index (χ1n) is 7.65. The van der Waals surface area contributed by atoms with Crippen LogP contribution in [0.25, 0.3) is 0 Å². The zero-order valence-electron chi connectivity index (χ0n) is 12.9. The number of hydrogen-bond acceptors (Lipinski definition) is 5. The zero-order chi connectivity index (χ0) is 14.4. The van der Waals surface area contributed by atoms with Gasteiger partial charge in [0.15, 0.2) is 0 Å². The SMILES string of the molecule is CCCNc1ncnc(N2CCCSCC2)c1C(C)C. The van der Waals surface area contributed by atoms with Gasteiger partial charge in [0.2, 0.25) is 0 Å². The molecule has 2 heterocycles. The summed E-state index contributed by atoms with van der Waals surface area (Å²) in [6.07, 6.45) is 4.05. The molecule has 1 aromatic heterocycles. The van der Waals surface area contributed by atoms with Crippen molar-refractivity contribution in [2.75, 3.05) is 41.4 Å². The Hall–Kier alpha value is -0.970. The van der Waals surface area contributed by atoms with Crippen LogP contribution < -0.4 is 10.2 Å². The largest absolute Gasteiger partial charge is 0.370 e. The maximum absolute atomic E-state index is 4.60. The fraction of sp³-hybridized carbons (Fsp3) is 0.733. The smallest absolute Gasteiger partial charge is 0.137 e. The summed E-state index contributed by atoms with van der Waals surface area (Å²) in [5.41, 5.74) is 1.27. The van der Waals surface area contributed by atoms with E-state index in [-0.39, 0.29) is 0 Å². The van der Waals surface area contributed by atoms with Gasteiger partial charge in [0, 0.05) is 31.0 Å². The topological polar surface area (TPSA) is 41.1 Å². The standard InChI is InChI=1S/C15H26N4S/c1-4-6-16-14-13(12(2)3)15(18-11-17-14)19-7-5-9-20-10-8-19/h11-12H,4-10H2,1-3H3,(H,16,17,18). The fourth-order valence-corrected chi connectivity index (χ4v) is 3.40. The normalized spacial score (nSPS) is 16.3. The number of aromatic nitrogens is 2. The van der Waals surface area contributed by atoms with E-state index in [1.165, 1.54) is 23.5 Å². The first kappa shape index (κ1) is 15.4. The molecule has 0 aliphatic carbocycles. The average molecular weight is 294 g/mol. The van der Waals surface area contributed by atoms with Crippen molar-refractivity contribution in [3.8, 4) is 0 Å². The van der Waals surface area contributed by atoms with Crippen LogP contribution in [0.4, 0.5) is 11.6 Å². The molecule has 0 aromatic carbocycles. The third-order valence-electron chi connectivity index (χ3n) is 3.50. The molecule has 5 heteroatoms. The predicted molar refractivity (Wildman–Crippen MR) is 89.1 cm³/mol. The van der Waals surface area contributed by atoms with Crippen LogP contribution >= 0.6 is 11.8 Å². The van der Waals surface area contributed by atoms with Gasteiger partial charge in [-0.3, -0.25) is 0 Å². The van der Waals surface area contributed by atoms with Crippen molar-refractivity contribution in [1.82, 2.24) is 9.97 Å². The lowest BCUT2D eigenvalue weighted by Crippen LogP contribution is -2.28. The average Bonchev–Trinajstić information content (AvgIpc) is 2.73. The predicted octanol–water partition coefficient (Wildman–Crippen LogP) is 3.37. The molecule has 0 atom stereocenters. The van der Waals surface area contributed by atoms with Crippen LogP contribution in [0.3, 0.4) is 0 Å². The Labute approximate surface area is 126 Å². The van der Waals surface area contributed by atoms with Crippen molar-refractivity contribution in [3.63, 3.8) is 0 Å². The van der Waals surface area contributed by atoms with Crippen molar-refractivity contribution in [1.29, 1.82) is 0 Å². The Morgan fingerprint density at radius 1 is 1.30 bits per heavy atom. The van der Waals surface area contributed by atoms with Gasteiger partial charge in [0.25, 0.3) is 0 Å². The molecule has 0 amide bonds. The number of anilines is 2. The molecule has 0 radical (unpaired) electrons. The highest BCUT2D eigenvalue weighted by Crippen LogP contribution is 2.31. The quantitative estimate of drug-likeness (QED) is 0.901. The summed E-state index contributed by atoms with van der Waals surface area (Å²) in [4.78, 5) is 11.5. The second-order valence-corrected chi connectivity index (χ2v) is 6.72. The zero-order valence-corrected chi connectivity index (χ0v) is 13.7. The van der Waals surface area contributed by atoms with Gasteiger partial charge in [-0.2, -0.15) is 11.8 Å². The lowest BCUT2D eigenvalue weighted by Gasteiger charge is -2.26. The van der Waals surface area contributed by atoms with Crippen molar-refractivity contribution in [2.45, 2.75) is 39.5 Å². The van der Waals surface area contributed by atoms with Gasteiger partial charge in [-0.15, -0.1) is 0 Å². The van der Waals surface area contributed by atoms with Crippen LogP contribution in [-0.4, -0.2) is 41.1 Å². The molecule has 1 N–H and O–H groups in total. The molecule has 0 saturated carbocycles. The van der Waals surface area contributed by atoms with E-state index in [4.69, 9.17) is 0 Å². The lowest BCUT2D eigenvalue weighted by molar-refractivity contribution is 0.765. The Morgan fingerprint density at radius 3 is 2.90 bits per heavy atom. The second kappa shape index (κ2) is 7.72. The highest BCUT2D eigenvalue weighted by molar-refractivity contribution is 7.99. The summed E-state index contributed by atoms with van der Waals surface area (Å²) < 4.78 is 0. The van der Waals surface area contributed by atoms with E-state index in [0.29, 0.717) is 5.92 Å². The number of nitrogens with one attached hydrogen (secondary N) is 1. The van der Waals surface area contributed by atoms with Gasteiger partial charge >= 0.3 is 0 Å². The Balaban J connectivity index is 2.30. The summed E-state index contributed by atoms with van der Waals surface area (Å²) >= 11 is 2.05. The van der Waals surface area contributed by atoms with Crippen molar-refractivity contribution >= 4 is 23.4 Å². The molecule has 1 saturated heterocycles. The number of hydrogen-bond donors (Lipinski definition) is 1. The summed E-state index contributed by atoms with van der Waals surface area (Å²) in [5, 5.41) is 3.46. The van der Waals surface area contributed by atoms with Gasteiger partial charge in [-0.25, -0.2) is 9.97 Å².